The van der Waals surface area contributed by atoms with E-state index in [1.165, 1.54) is 19.3 Å². The lowest BCUT2D eigenvalue weighted by atomic mass is 10.3. The molecule has 0 heteroatoms. The van der Waals surface area contributed by atoms with Gasteiger partial charge in [-0.25, -0.2) is 0 Å². The van der Waals surface area contributed by atoms with Gasteiger partial charge in [0.25, 0.3) is 0 Å². The van der Waals surface area contributed by atoms with E-state index in [2.05, 4.69) is 34.6 Å². The molecule has 0 aliphatic heterocycles. The molecule has 2 unspecified atom stereocenters. The van der Waals surface area contributed by atoms with Crippen LogP contribution in [0.25, 0.3) is 0 Å². The smallest absolute Gasteiger partial charge is 0.0360 e. The first kappa shape index (κ1) is 11.0. The standard InChI is InChI=1S/C7H14.C4H10/c1-4-7-5(2)6(7)3;1-3-4-2/h5-7H,4H2,1-3H3;3-4H2,1-2H3. The average Bonchev–Trinajstić information content (AvgIpc) is 2.60. The maximum absolute atomic E-state index is 2.35. The highest BCUT2D eigenvalue weighted by Gasteiger charge is 2.40. The first-order valence-electron chi connectivity index (χ1n) is 5.18. The van der Waals surface area contributed by atoms with Gasteiger partial charge in [0.1, 0.15) is 0 Å². The van der Waals surface area contributed by atoms with E-state index in [-0.39, 0.29) is 0 Å². The van der Waals surface area contributed by atoms with Crippen LogP contribution in [0.4, 0.5) is 0 Å². The average molecular weight is 156 g/mol. The first-order chi connectivity index (χ1) is 5.18. The van der Waals surface area contributed by atoms with Gasteiger partial charge >= 0.3 is 0 Å². The Balaban J connectivity index is 0.000000218. The third-order valence-electron chi connectivity index (χ3n) is 3.01. The fourth-order valence-corrected chi connectivity index (χ4v) is 1.51. The van der Waals surface area contributed by atoms with Gasteiger partial charge in [-0.05, 0) is 17.8 Å². The van der Waals surface area contributed by atoms with Gasteiger partial charge < -0.3 is 0 Å². The molecule has 0 amide bonds. The second-order valence-electron chi connectivity index (χ2n) is 3.79. The van der Waals surface area contributed by atoms with Crippen LogP contribution in [0.5, 0.6) is 0 Å². The molecule has 0 N–H and O–H groups in total. The lowest BCUT2D eigenvalue weighted by Crippen LogP contribution is -1.70. The molecule has 0 aromatic rings. The van der Waals surface area contributed by atoms with Crippen LogP contribution in [-0.4, -0.2) is 0 Å². The molecule has 1 fully saturated rings. The predicted octanol–water partition coefficient (Wildman–Crippen LogP) is 4.10. The number of rotatable bonds is 2. The van der Waals surface area contributed by atoms with E-state index in [4.69, 9.17) is 0 Å². The molecule has 0 aromatic carbocycles. The van der Waals surface area contributed by atoms with Crippen LogP contribution in [0, 0.1) is 17.8 Å². The summed E-state index contributed by atoms with van der Waals surface area (Å²) in [5.74, 6) is 3.13. The maximum atomic E-state index is 2.35. The molecule has 1 aliphatic rings. The maximum Gasteiger partial charge on any atom is -0.0360 e. The van der Waals surface area contributed by atoms with Gasteiger partial charge in [0, 0.05) is 0 Å². The molecule has 11 heavy (non-hydrogen) atoms. The summed E-state index contributed by atoms with van der Waals surface area (Å²) in [5, 5.41) is 0. The largest absolute Gasteiger partial charge is 0.0654 e. The highest BCUT2D eigenvalue weighted by Crippen LogP contribution is 2.47. The van der Waals surface area contributed by atoms with Gasteiger partial charge in [0.2, 0.25) is 0 Å². The minimum Gasteiger partial charge on any atom is -0.0654 e. The van der Waals surface area contributed by atoms with Crippen molar-refractivity contribution in [3.05, 3.63) is 0 Å². The quantitative estimate of drug-likeness (QED) is 0.564. The summed E-state index contributed by atoms with van der Waals surface area (Å²) in [4.78, 5) is 0. The normalized spacial score (nSPS) is 34.1. The third kappa shape index (κ3) is 3.79. The first-order valence-corrected chi connectivity index (χ1v) is 5.18. The van der Waals surface area contributed by atoms with Crippen molar-refractivity contribution in [2.45, 2.75) is 53.9 Å². The monoisotopic (exact) mass is 156 g/mol. The van der Waals surface area contributed by atoms with Crippen molar-refractivity contribution in [3.8, 4) is 0 Å². The summed E-state index contributed by atoms with van der Waals surface area (Å²) in [7, 11) is 0. The fourth-order valence-electron chi connectivity index (χ4n) is 1.51. The molecule has 68 valence electrons. The van der Waals surface area contributed by atoms with E-state index in [0.717, 1.165) is 17.8 Å². The second kappa shape index (κ2) is 5.62. The van der Waals surface area contributed by atoms with Crippen LogP contribution in [0.2, 0.25) is 0 Å². The molecular weight excluding hydrogens is 132 g/mol. The van der Waals surface area contributed by atoms with Crippen molar-refractivity contribution in [3.63, 3.8) is 0 Å². The molecule has 0 bridgehead atoms. The minimum atomic E-state index is 1.03. The van der Waals surface area contributed by atoms with Crippen LogP contribution < -0.4 is 0 Å². The zero-order valence-electron chi connectivity index (χ0n) is 8.85. The zero-order valence-corrected chi connectivity index (χ0v) is 8.85. The summed E-state index contributed by atoms with van der Waals surface area (Å²) in [6.45, 7) is 11.3. The van der Waals surface area contributed by atoms with E-state index >= 15 is 0 Å². The topological polar surface area (TPSA) is 0 Å². The Kier molecular flexibility index (Phi) is 5.62. The Morgan fingerprint density at radius 2 is 1.18 bits per heavy atom. The van der Waals surface area contributed by atoms with Gasteiger partial charge in [-0.3, -0.25) is 0 Å². The highest BCUT2D eigenvalue weighted by atomic mass is 14.5. The van der Waals surface area contributed by atoms with Crippen LogP contribution >= 0.6 is 0 Å². The highest BCUT2D eigenvalue weighted by molar-refractivity contribution is 4.89. The Morgan fingerprint density at radius 3 is 1.18 bits per heavy atom. The molecule has 1 aliphatic carbocycles. The van der Waals surface area contributed by atoms with E-state index in [0.29, 0.717) is 0 Å². The van der Waals surface area contributed by atoms with Crippen molar-refractivity contribution in [2.24, 2.45) is 17.8 Å². The summed E-state index contributed by atoms with van der Waals surface area (Å²) in [6, 6.07) is 0. The van der Waals surface area contributed by atoms with E-state index in [1.807, 2.05) is 0 Å². The lowest BCUT2D eigenvalue weighted by Gasteiger charge is -1.80. The van der Waals surface area contributed by atoms with Crippen LogP contribution in [-0.2, 0) is 0 Å². The van der Waals surface area contributed by atoms with Crippen molar-refractivity contribution in [2.75, 3.05) is 0 Å². The molecular formula is C11H24. The summed E-state index contributed by atoms with van der Waals surface area (Å²) < 4.78 is 0. The molecule has 0 nitrogen and oxygen atoms in total. The summed E-state index contributed by atoms with van der Waals surface area (Å²) in [5.41, 5.74) is 0. The minimum absolute atomic E-state index is 1.03. The van der Waals surface area contributed by atoms with Crippen molar-refractivity contribution in [1.82, 2.24) is 0 Å². The Bertz CT molecular complexity index is 76.0. The van der Waals surface area contributed by atoms with Crippen LogP contribution in [0.3, 0.4) is 0 Å². The van der Waals surface area contributed by atoms with Gasteiger partial charge in [-0.1, -0.05) is 53.9 Å². The molecule has 0 aromatic heterocycles. The van der Waals surface area contributed by atoms with Crippen LogP contribution in [0.1, 0.15) is 53.9 Å². The predicted molar refractivity (Wildman–Crippen MR) is 52.7 cm³/mol. The van der Waals surface area contributed by atoms with Gasteiger partial charge in [-0.15, -0.1) is 0 Å². The molecule has 0 saturated heterocycles. The summed E-state index contributed by atoms with van der Waals surface area (Å²) >= 11 is 0. The van der Waals surface area contributed by atoms with E-state index in [9.17, 15) is 0 Å². The van der Waals surface area contributed by atoms with Crippen molar-refractivity contribution >= 4 is 0 Å². The number of hydrogen-bond donors (Lipinski definition) is 0. The van der Waals surface area contributed by atoms with Gasteiger partial charge in [0.15, 0.2) is 0 Å². The SMILES string of the molecule is CCC1C(C)C1C.CCCC. The van der Waals surface area contributed by atoms with E-state index in [1.54, 1.807) is 0 Å². The van der Waals surface area contributed by atoms with Crippen molar-refractivity contribution < 1.29 is 0 Å². The van der Waals surface area contributed by atoms with Gasteiger partial charge in [-0.2, -0.15) is 0 Å². The Labute approximate surface area is 72.4 Å². The Hall–Kier alpha value is 0. The Morgan fingerprint density at radius 1 is 0.818 bits per heavy atom. The number of unbranched alkanes of at least 4 members (excludes halogenated alkanes) is 1. The number of hydrogen-bond acceptors (Lipinski definition) is 0. The van der Waals surface area contributed by atoms with Crippen molar-refractivity contribution in [1.29, 1.82) is 0 Å². The lowest BCUT2D eigenvalue weighted by molar-refractivity contribution is 0.707. The molecule has 1 saturated carbocycles. The molecule has 0 heterocycles. The molecule has 0 radical (unpaired) electrons. The second-order valence-corrected chi connectivity index (χ2v) is 3.79. The molecule has 0 spiro atoms. The van der Waals surface area contributed by atoms with E-state index < -0.39 is 0 Å². The van der Waals surface area contributed by atoms with Gasteiger partial charge in [0.05, 0.1) is 0 Å². The molecule has 2 atom stereocenters. The molecule has 1 rings (SSSR count). The summed E-state index contributed by atoms with van der Waals surface area (Å²) in [6.07, 6.45) is 4.03. The zero-order chi connectivity index (χ0) is 8.85. The fraction of sp³-hybridized carbons (Fsp3) is 1.00. The third-order valence-corrected chi connectivity index (χ3v) is 3.01. The van der Waals surface area contributed by atoms with Crippen LogP contribution in [0.15, 0.2) is 0 Å².